The first-order valence-corrected chi connectivity index (χ1v) is 7.77. The number of benzene rings is 2. The van der Waals surface area contributed by atoms with Gasteiger partial charge < -0.3 is 9.64 Å². The maximum atomic E-state index is 12.5. The lowest BCUT2D eigenvalue weighted by atomic mass is 9.97. The summed E-state index contributed by atoms with van der Waals surface area (Å²) >= 11 is 6.33. The van der Waals surface area contributed by atoms with Crippen LogP contribution in [0.25, 0.3) is 0 Å². The van der Waals surface area contributed by atoms with Gasteiger partial charge in [-0.25, -0.2) is 4.79 Å². The fourth-order valence-corrected chi connectivity index (χ4v) is 3.30. The number of esters is 1. The standard InChI is InChI=1S/C18H18ClNO2/c1-22-18(21)17(14-9-3-4-10-15(14)19)20-12-6-8-13-7-2-5-11-16(13)20/h2-5,7,9-11,17H,6,8,12H2,1H3/t17-/m0/s1. The predicted octanol–water partition coefficient (Wildman–Crippen LogP) is 4.01. The summed E-state index contributed by atoms with van der Waals surface area (Å²) in [6, 6.07) is 15.1. The Morgan fingerprint density at radius 3 is 2.68 bits per heavy atom. The minimum atomic E-state index is -0.514. The minimum Gasteiger partial charge on any atom is -0.467 e. The van der Waals surface area contributed by atoms with Crippen LogP contribution >= 0.6 is 11.6 Å². The first kappa shape index (κ1) is 14.9. The van der Waals surface area contributed by atoms with Crippen LogP contribution in [0.15, 0.2) is 48.5 Å². The van der Waals surface area contributed by atoms with Crippen LogP contribution in [0, 0.1) is 0 Å². The number of fused-ring (bicyclic) bond motifs is 1. The van der Waals surface area contributed by atoms with Gasteiger partial charge in [0.25, 0.3) is 0 Å². The molecule has 0 radical (unpaired) electrons. The Balaban J connectivity index is 2.09. The van der Waals surface area contributed by atoms with Crippen molar-refractivity contribution in [2.75, 3.05) is 18.6 Å². The molecular weight excluding hydrogens is 298 g/mol. The third-order valence-corrected chi connectivity index (χ3v) is 4.43. The number of hydrogen-bond donors (Lipinski definition) is 0. The Hall–Kier alpha value is -2.00. The molecule has 2 aromatic carbocycles. The van der Waals surface area contributed by atoms with Gasteiger partial charge in [-0.1, -0.05) is 48.0 Å². The molecule has 0 saturated carbocycles. The zero-order valence-electron chi connectivity index (χ0n) is 12.5. The Morgan fingerprint density at radius 1 is 1.18 bits per heavy atom. The number of aryl methyl sites for hydroxylation is 1. The highest BCUT2D eigenvalue weighted by atomic mass is 35.5. The average Bonchev–Trinajstić information content (AvgIpc) is 2.57. The van der Waals surface area contributed by atoms with Gasteiger partial charge in [0.1, 0.15) is 0 Å². The van der Waals surface area contributed by atoms with Crippen molar-refractivity contribution in [2.45, 2.75) is 18.9 Å². The lowest BCUT2D eigenvalue weighted by molar-refractivity contribution is -0.142. The molecule has 2 aromatic rings. The van der Waals surface area contributed by atoms with Crippen molar-refractivity contribution in [1.82, 2.24) is 0 Å². The lowest BCUT2D eigenvalue weighted by Gasteiger charge is -2.36. The van der Waals surface area contributed by atoms with Gasteiger partial charge in [0.05, 0.1) is 7.11 Å². The molecule has 1 heterocycles. The van der Waals surface area contributed by atoms with Crippen molar-refractivity contribution in [2.24, 2.45) is 0 Å². The second-order valence-electron chi connectivity index (χ2n) is 5.37. The Morgan fingerprint density at radius 2 is 1.91 bits per heavy atom. The van der Waals surface area contributed by atoms with Gasteiger partial charge in [0.15, 0.2) is 6.04 Å². The van der Waals surface area contributed by atoms with E-state index in [-0.39, 0.29) is 5.97 Å². The highest BCUT2D eigenvalue weighted by Gasteiger charge is 2.32. The highest BCUT2D eigenvalue weighted by molar-refractivity contribution is 6.31. The molecule has 0 aliphatic carbocycles. The fourth-order valence-electron chi connectivity index (χ4n) is 3.06. The minimum absolute atomic E-state index is 0.287. The van der Waals surface area contributed by atoms with Crippen LogP contribution in [0.3, 0.4) is 0 Å². The van der Waals surface area contributed by atoms with Crippen molar-refractivity contribution in [3.8, 4) is 0 Å². The summed E-state index contributed by atoms with van der Waals surface area (Å²) in [5.74, 6) is -0.287. The number of carbonyl (C=O) groups is 1. The maximum Gasteiger partial charge on any atom is 0.333 e. The molecule has 0 saturated heterocycles. The Bertz CT molecular complexity index is 686. The van der Waals surface area contributed by atoms with Gasteiger partial charge in [0.2, 0.25) is 0 Å². The SMILES string of the molecule is COC(=O)[C@H](c1ccccc1Cl)N1CCCc2ccccc21. The van der Waals surface area contributed by atoms with Gasteiger partial charge in [-0.15, -0.1) is 0 Å². The number of methoxy groups -OCH3 is 1. The molecule has 1 atom stereocenters. The summed E-state index contributed by atoms with van der Waals surface area (Å²) in [6.45, 7) is 0.808. The molecule has 0 spiro atoms. The molecular formula is C18H18ClNO2. The molecule has 1 aliphatic rings. The van der Waals surface area contributed by atoms with Crippen LogP contribution < -0.4 is 4.90 Å². The summed E-state index contributed by atoms with van der Waals surface area (Å²) in [5.41, 5.74) is 3.13. The monoisotopic (exact) mass is 315 g/mol. The molecule has 4 heteroatoms. The topological polar surface area (TPSA) is 29.5 Å². The molecule has 0 N–H and O–H groups in total. The molecule has 114 valence electrons. The first-order valence-electron chi connectivity index (χ1n) is 7.39. The van der Waals surface area contributed by atoms with Gasteiger partial charge in [0, 0.05) is 22.8 Å². The van der Waals surface area contributed by atoms with Crippen LogP contribution in [0.1, 0.15) is 23.6 Å². The van der Waals surface area contributed by atoms with Crippen LogP contribution in [-0.4, -0.2) is 19.6 Å². The van der Waals surface area contributed by atoms with Crippen molar-refractivity contribution in [3.63, 3.8) is 0 Å². The smallest absolute Gasteiger partial charge is 0.333 e. The molecule has 22 heavy (non-hydrogen) atoms. The largest absolute Gasteiger partial charge is 0.467 e. The number of para-hydroxylation sites is 1. The van der Waals surface area contributed by atoms with E-state index in [1.165, 1.54) is 12.7 Å². The number of anilines is 1. The van der Waals surface area contributed by atoms with Gasteiger partial charge >= 0.3 is 5.97 Å². The van der Waals surface area contributed by atoms with E-state index >= 15 is 0 Å². The van der Waals surface area contributed by atoms with E-state index in [1.807, 2.05) is 36.4 Å². The van der Waals surface area contributed by atoms with Crippen LogP contribution in [0.5, 0.6) is 0 Å². The van der Waals surface area contributed by atoms with Gasteiger partial charge in [-0.3, -0.25) is 0 Å². The number of hydrogen-bond acceptors (Lipinski definition) is 3. The third kappa shape index (κ3) is 2.69. The molecule has 0 aromatic heterocycles. The summed E-state index contributed by atoms with van der Waals surface area (Å²) in [6.07, 6.45) is 2.04. The van der Waals surface area contributed by atoms with Crippen LogP contribution in [0.2, 0.25) is 5.02 Å². The quantitative estimate of drug-likeness (QED) is 0.802. The first-order chi connectivity index (χ1) is 10.7. The highest BCUT2D eigenvalue weighted by Crippen LogP contribution is 2.36. The summed E-state index contributed by atoms with van der Waals surface area (Å²) < 4.78 is 5.05. The molecule has 1 aliphatic heterocycles. The van der Waals surface area contributed by atoms with Crippen molar-refractivity contribution >= 4 is 23.3 Å². The number of nitrogens with zero attached hydrogens (tertiary/aromatic N) is 1. The average molecular weight is 316 g/mol. The Kier molecular flexibility index (Phi) is 4.34. The molecule has 0 fully saturated rings. The second kappa shape index (κ2) is 6.41. The Labute approximate surface area is 135 Å². The van der Waals surface area contributed by atoms with E-state index in [4.69, 9.17) is 16.3 Å². The zero-order chi connectivity index (χ0) is 15.5. The van der Waals surface area contributed by atoms with Crippen molar-refractivity contribution < 1.29 is 9.53 Å². The number of halogens is 1. The number of ether oxygens (including phenoxy) is 1. The molecule has 3 nitrogen and oxygen atoms in total. The number of rotatable bonds is 3. The van der Waals surface area contributed by atoms with E-state index in [1.54, 1.807) is 0 Å². The van der Waals surface area contributed by atoms with E-state index < -0.39 is 6.04 Å². The zero-order valence-corrected chi connectivity index (χ0v) is 13.2. The van der Waals surface area contributed by atoms with Crippen LogP contribution in [0.4, 0.5) is 5.69 Å². The lowest BCUT2D eigenvalue weighted by Crippen LogP contribution is -2.38. The van der Waals surface area contributed by atoms with Crippen molar-refractivity contribution in [3.05, 3.63) is 64.7 Å². The van der Waals surface area contributed by atoms with E-state index in [9.17, 15) is 4.79 Å². The maximum absolute atomic E-state index is 12.5. The van der Waals surface area contributed by atoms with E-state index in [2.05, 4.69) is 17.0 Å². The molecule has 0 amide bonds. The summed E-state index contributed by atoms with van der Waals surface area (Å²) in [5, 5.41) is 0.584. The summed E-state index contributed by atoms with van der Waals surface area (Å²) in [7, 11) is 1.42. The normalized spacial score (nSPS) is 15.1. The van der Waals surface area contributed by atoms with Crippen molar-refractivity contribution in [1.29, 1.82) is 0 Å². The number of carbonyl (C=O) groups excluding carboxylic acids is 1. The third-order valence-electron chi connectivity index (χ3n) is 4.08. The van der Waals surface area contributed by atoms with Gasteiger partial charge in [-0.2, -0.15) is 0 Å². The van der Waals surface area contributed by atoms with E-state index in [0.29, 0.717) is 5.02 Å². The van der Waals surface area contributed by atoms with Crippen LogP contribution in [-0.2, 0) is 16.0 Å². The van der Waals surface area contributed by atoms with E-state index in [0.717, 1.165) is 30.6 Å². The van der Waals surface area contributed by atoms with Gasteiger partial charge in [-0.05, 0) is 30.5 Å². The fraction of sp³-hybridized carbons (Fsp3) is 0.278. The summed E-state index contributed by atoms with van der Waals surface area (Å²) in [4.78, 5) is 14.6. The molecule has 0 bridgehead atoms. The molecule has 3 rings (SSSR count). The predicted molar refractivity (Wildman–Crippen MR) is 88.3 cm³/mol. The second-order valence-corrected chi connectivity index (χ2v) is 5.78. The molecule has 0 unspecified atom stereocenters.